The molecule has 6 nitrogen and oxygen atoms in total. The molecule has 1 amide bonds. The Morgan fingerprint density at radius 3 is 2.36 bits per heavy atom. The maximum atomic E-state index is 12.7. The van der Waals surface area contributed by atoms with Crippen LogP contribution in [0.2, 0.25) is 0 Å². The molecule has 0 radical (unpaired) electrons. The molecular formula is C19H21N3O3. The van der Waals surface area contributed by atoms with Gasteiger partial charge in [-0.1, -0.05) is 31.2 Å². The van der Waals surface area contributed by atoms with Crippen molar-refractivity contribution in [3.8, 4) is 5.75 Å². The fourth-order valence-corrected chi connectivity index (χ4v) is 2.95. The first-order valence-corrected chi connectivity index (χ1v) is 8.26. The van der Waals surface area contributed by atoms with E-state index in [4.69, 9.17) is 4.74 Å². The number of carbonyl (C=O) groups is 1. The van der Waals surface area contributed by atoms with Gasteiger partial charge in [-0.25, -0.2) is 4.79 Å². The summed E-state index contributed by atoms with van der Waals surface area (Å²) in [5, 5.41) is 2.81. The van der Waals surface area contributed by atoms with E-state index in [2.05, 4.69) is 5.32 Å². The quantitative estimate of drug-likeness (QED) is 0.751. The van der Waals surface area contributed by atoms with Crippen molar-refractivity contribution in [3.05, 3.63) is 59.0 Å². The highest BCUT2D eigenvalue weighted by atomic mass is 16.5. The fourth-order valence-electron chi connectivity index (χ4n) is 2.95. The van der Waals surface area contributed by atoms with Crippen LogP contribution in [0.25, 0.3) is 11.0 Å². The number of aryl methyl sites for hydroxylation is 1. The third kappa shape index (κ3) is 3.28. The van der Waals surface area contributed by atoms with Crippen molar-refractivity contribution in [2.75, 3.05) is 12.4 Å². The molecule has 2 aromatic carbocycles. The number of imidazole rings is 1. The number of carbonyl (C=O) groups excluding carboxylic acids is 1. The number of nitrogens with one attached hydrogen (secondary N) is 1. The molecule has 0 aliphatic heterocycles. The third-order valence-electron chi connectivity index (χ3n) is 4.06. The number of para-hydroxylation sites is 4. The number of fused-ring (bicyclic) bond motifs is 1. The van der Waals surface area contributed by atoms with Crippen LogP contribution in [0.1, 0.15) is 13.3 Å². The van der Waals surface area contributed by atoms with E-state index in [1.54, 1.807) is 23.8 Å². The fraction of sp³-hybridized carbons (Fsp3) is 0.263. The molecular weight excluding hydrogens is 318 g/mol. The molecule has 0 spiro atoms. The lowest BCUT2D eigenvalue weighted by molar-refractivity contribution is -0.116. The Hall–Kier alpha value is -3.02. The van der Waals surface area contributed by atoms with Gasteiger partial charge in [0.1, 0.15) is 12.3 Å². The van der Waals surface area contributed by atoms with Crippen LogP contribution < -0.4 is 15.7 Å². The Balaban J connectivity index is 1.91. The Morgan fingerprint density at radius 1 is 1.04 bits per heavy atom. The van der Waals surface area contributed by atoms with Crippen molar-refractivity contribution in [3.63, 3.8) is 0 Å². The van der Waals surface area contributed by atoms with E-state index < -0.39 is 0 Å². The molecule has 0 saturated carbocycles. The Bertz CT molecular complexity index is 956. The SMILES string of the molecule is CCCn1c(=O)n(CC(=O)Nc2ccccc2OC)c2ccccc21. The van der Waals surface area contributed by atoms with Crippen LogP contribution in [0.15, 0.2) is 53.3 Å². The van der Waals surface area contributed by atoms with E-state index in [1.807, 2.05) is 43.3 Å². The van der Waals surface area contributed by atoms with Crippen LogP contribution >= 0.6 is 0 Å². The molecule has 3 rings (SSSR count). The first-order chi connectivity index (χ1) is 12.2. The summed E-state index contributed by atoms with van der Waals surface area (Å²) in [6.45, 7) is 2.60. The summed E-state index contributed by atoms with van der Waals surface area (Å²) < 4.78 is 8.46. The van der Waals surface area contributed by atoms with Crippen LogP contribution in [-0.4, -0.2) is 22.2 Å². The lowest BCUT2D eigenvalue weighted by Crippen LogP contribution is -2.29. The molecule has 3 aromatic rings. The smallest absolute Gasteiger partial charge is 0.329 e. The summed E-state index contributed by atoms with van der Waals surface area (Å²) in [4.78, 5) is 25.2. The van der Waals surface area contributed by atoms with E-state index in [0.717, 1.165) is 17.5 Å². The van der Waals surface area contributed by atoms with Gasteiger partial charge >= 0.3 is 5.69 Å². The Morgan fingerprint density at radius 2 is 1.68 bits per heavy atom. The summed E-state index contributed by atoms with van der Waals surface area (Å²) >= 11 is 0. The average molecular weight is 339 g/mol. The van der Waals surface area contributed by atoms with Crippen LogP contribution in [-0.2, 0) is 17.9 Å². The van der Waals surface area contributed by atoms with Crippen molar-refractivity contribution < 1.29 is 9.53 Å². The zero-order chi connectivity index (χ0) is 17.8. The predicted octanol–water partition coefficient (Wildman–Crippen LogP) is 2.86. The molecule has 6 heteroatoms. The monoisotopic (exact) mass is 339 g/mol. The van der Waals surface area contributed by atoms with Crippen LogP contribution in [0, 0.1) is 0 Å². The van der Waals surface area contributed by atoms with E-state index in [9.17, 15) is 9.59 Å². The number of benzene rings is 2. The van der Waals surface area contributed by atoms with Gasteiger partial charge in [0, 0.05) is 6.54 Å². The molecule has 1 N–H and O–H groups in total. The van der Waals surface area contributed by atoms with E-state index in [1.165, 1.54) is 4.57 Å². The van der Waals surface area contributed by atoms with E-state index in [-0.39, 0.29) is 18.1 Å². The maximum Gasteiger partial charge on any atom is 0.329 e. The van der Waals surface area contributed by atoms with Crippen molar-refractivity contribution in [2.45, 2.75) is 26.4 Å². The van der Waals surface area contributed by atoms with Gasteiger partial charge in [-0.15, -0.1) is 0 Å². The van der Waals surface area contributed by atoms with Gasteiger partial charge in [-0.05, 0) is 30.7 Å². The van der Waals surface area contributed by atoms with Gasteiger partial charge in [0.05, 0.1) is 23.8 Å². The van der Waals surface area contributed by atoms with Crippen LogP contribution in [0.5, 0.6) is 5.75 Å². The third-order valence-corrected chi connectivity index (χ3v) is 4.06. The predicted molar refractivity (Wildman–Crippen MR) is 98.1 cm³/mol. The molecule has 0 bridgehead atoms. The topological polar surface area (TPSA) is 65.3 Å². The number of nitrogens with zero attached hydrogens (tertiary/aromatic N) is 2. The van der Waals surface area contributed by atoms with E-state index in [0.29, 0.717) is 18.0 Å². The minimum absolute atomic E-state index is 0.0475. The largest absolute Gasteiger partial charge is 0.495 e. The van der Waals surface area contributed by atoms with Crippen LogP contribution in [0.4, 0.5) is 5.69 Å². The summed E-state index contributed by atoms with van der Waals surface area (Å²) in [5.41, 5.74) is 2.02. The number of methoxy groups -OCH3 is 1. The highest BCUT2D eigenvalue weighted by molar-refractivity contribution is 5.93. The van der Waals surface area contributed by atoms with Gasteiger partial charge in [0.2, 0.25) is 5.91 Å². The summed E-state index contributed by atoms with van der Waals surface area (Å²) in [5.74, 6) is 0.308. The van der Waals surface area contributed by atoms with Crippen molar-refractivity contribution in [2.24, 2.45) is 0 Å². The summed E-state index contributed by atoms with van der Waals surface area (Å²) in [6, 6.07) is 14.7. The Labute approximate surface area is 145 Å². The molecule has 25 heavy (non-hydrogen) atoms. The number of rotatable bonds is 6. The number of amides is 1. The summed E-state index contributed by atoms with van der Waals surface area (Å²) in [6.07, 6.45) is 0.849. The molecule has 0 fully saturated rings. The Kier molecular flexibility index (Phi) is 4.88. The van der Waals surface area contributed by atoms with Gasteiger partial charge in [-0.3, -0.25) is 13.9 Å². The zero-order valence-electron chi connectivity index (χ0n) is 14.4. The lowest BCUT2D eigenvalue weighted by Gasteiger charge is -2.10. The first kappa shape index (κ1) is 16.8. The molecule has 1 aromatic heterocycles. The normalized spacial score (nSPS) is 10.8. The lowest BCUT2D eigenvalue weighted by atomic mass is 10.3. The highest BCUT2D eigenvalue weighted by Gasteiger charge is 2.15. The number of anilines is 1. The molecule has 0 aliphatic carbocycles. The van der Waals surface area contributed by atoms with Gasteiger partial charge in [0.25, 0.3) is 0 Å². The molecule has 0 aliphatic rings. The second-order valence-electron chi connectivity index (χ2n) is 5.76. The molecule has 0 atom stereocenters. The number of aromatic nitrogens is 2. The van der Waals surface area contributed by atoms with Crippen molar-refractivity contribution in [1.82, 2.24) is 9.13 Å². The van der Waals surface area contributed by atoms with Crippen molar-refractivity contribution >= 4 is 22.6 Å². The standard InChI is InChI=1S/C19H21N3O3/c1-3-12-21-15-9-5-6-10-16(15)22(19(21)24)13-18(23)20-14-8-4-7-11-17(14)25-2/h4-11H,3,12-13H2,1-2H3,(H,20,23). The zero-order valence-corrected chi connectivity index (χ0v) is 14.4. The second kappa shape index (κ2) is 7.25. The molecule has 0 unspecified atom stereocenters. The van der Waals surface area contributed by atoms with Crippen LogP contribution in [0.3, 0.4) is 0 Å². The highest BCUT2D eigenvalue weighted by Crippen LogP contribution is 2.23. The minimum Gasteiger partial charge on any atom is -0.495 e. The molecule has 0 saturated heterocycles. The number of ether oxygens (including phenoxy) is 1. The summed E-state index contributed by atoms with van der Waals surface area (Å²) in [7, 11) is 1.55. The van der Waals surface area contributed by atoms with E-state index >= 15 is 0 Å². The van der Waals surface area contributed by atoms with Crippen molar-refractivity contribution in [1.29, 1.82) is 0 Å². The maximum absolute atomic E-state index is 12.7. The average Bonchev–Trinajstić information content (AvgIpc) is 2.88. The number of hydrogen-bond donors (Lipinski definition) is 1. The van der Waals surface area contributed by atoms with Gasteiger partial charge < -0.3 is 10.1 Å². The van der Waals surface area contributed by atoms with Gasteiger partial charge in [0.15, 0.2) is 0 Å². The first-order valence-electron chi connectivity index (χ1n) is 8.26. The molecule has 1 heterocycles. The number of hydrogen-bond acceptors (Lipinski definition) is 3. The second-order valence-corrected chi connectivity index (χ2v) is 5.76. The minimum atomic E-state index is -0.272. The van der Waals surface area contributed by atoms with Gasteiger partial charge in [-0.2, -0.15) is 0 Å². The molecule has 130 valence electrons.